The van der Waals surface area contributed by atoms with Crippen molar-refractivity contribution in [3.05, 3.63) is 29.3 Å². The van der Waals surface area contributed by atoms with Gasteiger partial charge in [0.2, 0.25) is 11.8 Å². The first kappa shape index (κ1) is 16.1. The Morgan fingerprint density at radius 3 is 2.76 bits per heavy atom. The van der Waals surface area contributed by atoms with Gasteiger partial charge in [-0.25, -0.2) is 0 Å². The van der Waals surface area contributed by atoms with Gasteiger partial charge < -0.3 is 9.80 Å². The van der Waals surface area contributed by atoms with Crippen molar-refractivity contribution >= 4 is 23.4 Å². The number of piperidine rings is 2. The number of carbonyl (C=O) groups is 3. The van der Waals surface area contributed by atoms with E-state index < -0.39 is 6.04 Å². The molecule has 3 heterocycles. The second kappa shape index (κ2) is 6.17. The number of rotatable bonds is 2. The number of nitrogens with zero attached hydrogens (tertiary/aromatic N) is 2. The molecule has 6 nitrogen and oxygen atoms in total. The predicted octanol–water partition coefficient (Wildman–Crippen LogP) is 1.68. The van der Waals surface area contributed by atoms with Crippen molar-refractivity contribution in [3.8, 4) is 0 Å². The van der Waals surface area contributed by atoms with Gasteiger partial charge in [0.25, 0.3) is 5.91 Å². The van der Waals surface area contributed by atoms with E-state index in [0.29, 0.717) is 24.4 Å². The highest BCUT2D eigenvalue weighted by atomic mass is 16.2. The number of hydrogen-bond acceptors (Lipinski definition) is 4. The molecular weight excluding hydrogens is 318 g/mol. The Bertz CT molecular complexity index is 745. The van der Waals surface area contributed by atoms with Crippen LogP contribution in [0.5, 0.6) is 0 Å². The smallest absolute Gasteiger partial charge is 0.255 e. The molecule has 2 saturated heterocycles. The number of benzene rings is 1. The lowest BCUT2D eigenvalue weighted by Gasteiger charge is -2.33. The summed E-state index contributed by atoms with van der Waals surface area (Å²) in [6, 6.07) is 5.45. The highest BCUT2D eigenvalue weighted by Crippen LogP contribution is 2.31. The van der Waals surface area contributed by atoms with Crippen molar-refractivity contribution in [3.63, 3.8) is 0 Å². The normalized spacial score (nSPS) is 26.7. The lowest BCUT2D eigenvalue weighted by molar-refractivity contribution is -0.136. The Morgan fingerprint density at radius 1 is 1.16 bits per heavy atom. The monoisotopic (exact) mass is 341 g/mol. The molecular formula is C19H23N3O3. The Kier molecular flexibility index (Phi) is 3.98. The molecule has 1 N–H and O–H groups in total. The first-order chi connectivity index (χ1) is 12.0. The van der Waals surface area contributed by atoms with Crippen molar-refractivity contribution in [1.29, 1.82) is 0 Å². The summed E-state index contributed by atoms with van der Waals surface area (Å²) in [5.74, 6) is -0.0407. The number of imide groups is 1. The fraction of sp³-hybridized carbons (Fsp3) is 0.526. The van der Waals surface area contributed by atoms with Gasteiger partial charge in [-0.05, 0) is 48.9 Å². The molecule has 0 bridgehead atoms. The summed E-state index contributed by atoms with van der Waals surface area (Å²) in [4.78, 5) is 40.1. The molecule has 3 amide bonds. The molecule has 3 aliphatic heterocycles. The SMILES string of the molecule is CC1CCCN(c2ccc3c(c2)CN(C2CCC(=O)NC2=O)C3=O)C1. The van der Waals surface area contributed by atoms with Gasteiger partial charge in [-0.15, -0.1) is 0 Å². The molecule has 0 aliphatic carbocycles. The topological polar surface area (TPSA) is 69.7 Å². The summed E-state index contributed by atoms with van der Waals surface area (Å²) in [6.07, 6.45) is 3.15. The van der Waals surface area contributed by atoms with Crippen molar-refractivity contribution in [2.24, 2.45) is 5.92 Å². The maximum absolute atomic E-state index is 12.7. The number of anilines is 1. The zero-order chi connectivity index (χ0) is 17.6. The van der Waals surface area contributed by atoms with Crippen molar-refractivity contribution in [2.45, 2.75) is 45.2 Å². The summed E-state index contributed by atoms with van der Waals surface area (Å²) in [5.41, 5.74) is 2.81. The minimum atomic E-state index is -0.545. The molecule has 2 unspecified atom stereocenters. The molecule has 1 aromatic rings. The van der Waals surface area contributed by atoms with Gasteiger partial charge >= 0.3 is 0 Å². The zero-order valence-electron chi connectivity index (χ0n) is 14.5. The number of nitrogens with one attached hydrogen (secondary N) is 1. The van der Waals surface area contributed by atoms with Crippen LogP contribution in [0.25, 0.3) is 0 Å². The van der Waals surface area contributed by atoms with E-state index in [-0.39, 0.29) is 24.1 Å². The van der Waals surface area contributed by atoms with E-state index in [2.05, 4.69) is 23.2 Å². The molecule has 2 fully saturated rings. The predicted molar refractivity (Wildman–Crippen MR) is 93.1 cm³/mol. The van der Waals surface area contributed by atoms with Crippen molar-refractivity contribution in [2.75, 3.05) is 18.0 Å². The maximum atomic E-state index is 12.7. The molecule has 2 atom stereocenters. The van der Waals surface area contributed by atoms with Crippen molar-refractivity contribution in [1.82, 2.24) is 10.2 Å². The standard InChI is InChI=1S/C19H23N3O3/c1-12-3-2-8-21(10-12)14-4-5-15-13(9-14)11-22(19(15)25)16-6-7-17(23)20-18(16)24/h4-5,9,12,16H,2-3,6-8,10-11H2,1H3,(H,20,23,24). The second-order valence-corrected chi connectivity index (χ2v) is 7.43. The first-order valence-electron chi connectivity index (χ1n) is 9.05. The fourth-order valence-corrected chi connectivity index (χ4v) is 4.18. The average molecular weight is 341 g/mol. The highest BCUT2D eigenvalue weighted by molar-refractivity contribution is 6.05. The van der Waals surface area contributed by atoms with Crippen LogP contribution in [0.1, 0.15) is 48.5 Å². The minimum Gasteiger partial charge on any atom is -0.371 e. The van der Waals surface area contributed by atoms with E-state index in [1.54, 1.807) is 4.90 Å². The van der Waals surface area contributed by atoms with Gasteiger partial charge in [-0.2, -0.15) is 0 Å². The van der Waals surface area contributed by atoms with E-state index in [4.69, 9.17) is 0 Å². The molecule has 0 aromatic heterocycles. The Labute approximate surface area is 147 Å². The minimum absolute atomic E-state index is 0.108. The van der Waals surface area contributed by atoms with Gasteiger partial charge in [0.05, 0.1) is 0 Å². The van der Waals surface area contributed by atoms with Crippen LogP contribution >= 0.6 is 0 Å². The van der Waals surface area contributed by atoms with Gasteiger partial charge in [0, 0.05) is 37.3 Å². The van der Waals surface area contributed by atoms with Crippen molar-refractivity contribution < 1.29 is 14.4 Å². The number of hydrogen-bond donors (Lipinski definition) is 1. The third-order valence-electron chi connectivity index (χ3n) is 5.53. The van der Waals surface area contributed by atoms with Gasteiger partial charge in [0.1, 0.15) is 6.04 Å². The van der Waals surface area contributed by atoms with Gasteiger partial charge in [0.15, 0.2) is 0 Å². The van der Waals surface area contributed by atoms with E-state index >= 15 is 0 Å². The van der Waals surface area contributed by atoms with Crippen LogP contribution < -0.4 is 10.2 Å². The third kappa shape index (κ3) is 2.90. The Hall–Kier alpha value is -2.37. The molecule has 1 aromatic carbocycles. The number of amides is 3. The van der Waals surface area contributed by atoms with Crippen LogP contribution in [0.4, 0.5) is 5.69 Å². The molecule has 0 saturated carbocycles. The molecule has 0 spiro atoms. The average Bonchev–Trinajstić information content (AvgIpc) is 2.91. The summed E-state index contributed by atoms with van der Waals surface area (Å²) in [6.45, 7) is 4.81. The van der Waals surface area contributed by atoms with Crippen LogP contribution in [0.2, 0.25) is 0 Å². The van der Waals surface area contributed by atoms with E-state index in [9.17, 15) is 14.4 Å². The Morgan fingerprint density at radius 2 is 2.00 bits per heavy atom. The van der Waals surface area contributed by atoms with Crippen LogP contribution in [-0.4, -0.2) is 41.8 Å². The highest BCUT2D eigenvalue weighted by Gasteiger charge is 2.39. The van der Waals surface area contributed by atoms with Gasteiger partial charge in [-0.3, -0.25) is 19.7 Å². The molecule has 132 valence electrons. The molecule has 4 rings (SSSR count). The molecule has 25 heavy (non-hydrogen) atoms. The first-order valence-corrected chi connectivity index (χ1v) is 9.05. The number of fused-ring (bicyclic) bond motifs is 1. The lowest BCUT2D eigenvalue weighted by atomic mass is 9.99. The lowest BCUT2D eigenvalue weighted by Crippen LogP contribution is -2.52. The van der Waals surface area contributed by atoms with Crippen LogP contribution in [0, 0.1) is 5.92 Å². The maximum Gasteiger partial charge on any atom is 0.255 e. The van der Waals surface area contributed by atoms with Crippen LogP contribution in [0.3, 0.4) is 0 Å². The summed E-state index contributed by atoms with van der Waals surface area (Å²) >= 11 is 0. The fourth-order valence-electron chi connectivity index (χ4n) is 4.18. The summed E-state index contributed by atoms with van der Waals surface area (Å²) in [5, 5.41) is 2.34. The third-order valence-corrected chi connectivity index (χ3v) is 5.53. The molecule has 3 aliphatic rings. The Balaban J connectivity index is 1.55. The summed E-state index contributed by atoms with van der Waals surface area (Å²) < 4.78 is 0. The molecule has 6 heteroatoms. The quantitative estimate of drug-likeness (QED) is 0.831. The van der Waals surface area contributed by atoms with E-state index in [1.807, 2.05) is 12.1 Å². The van der Waals surface area contributed by atoms with Gasteiger partial charge in [-0.1, -0.05) is 6.92 Å². The molecule has 0 radical (unpaired) electrons. The van der Waals surface area contributed by atoms with E-state index in [0.717, 1.165) is 24.3 Å². The van der Waals surface area contributed by atoms with E-state index in [1.165, 1.54) is 12.8 Å². The largest absolute Gasteiger partial charge is 0.371 e. The van der Waals surface area contributed by atoms with Crippen LogP contribution in [-0.2, 0) is 16.1 Å². The van der Waals surface area contributed by atoms with Crippen LogP contribution in [0.15, 0.2) is 18.2 Å². The zero-order valence-corrected chi connectivity index (χ0v) is 14.5. The second-order valence-electron chi connectivity index (χ2n) is 7.43. The number of carbonyl (C=O) groups excluding carboxylic acids is 3. The summed E-state index contributed by atoms with van der Waals surface area (Å²) in [7, 11) is 0.